The molecule has 2 aromatic heterocycles. The van der Waals surface area contributed by atoms with Gasteiger partial charge in [0.1, 0.15) is 18.2 Å². The number of nitrogens with zero attached hydrogens (tertiary/aromatic N) is 4. The van der Waals surface area contributed by atoms with Crippen molar-refractivity contribution >= 4 is 5.52 Å². The zero-order valence-corrected chi connectivity index (χ0v) is 7.10. The van der Waals surface area contributed by atoms with Gasteiger partial charge in [-0.25, -0.2) is 14.5 Å². The van der Waals surface area contributed by atoms with Gasteiger partial charge in [-0.1, -0.05) is 13.8 Å². The van der Waals surface area contributed by atoms with Crippen LogP contribution >= 0.6 is 0 Å². The van der Waals surface area contributed by atoms with Gasteiger partial charge in [-0.2, -0.15) is 5.10 Å². The summed E-state index contributed by atoms with van der Waals surface area (Å²) >= 11 is 0. The molecular weight excluding hydrogens is 152 g/mol. The number of rotatable bonds is 1. The van der Waals surface area contributed by atoms with Crippen LogP contribution in [0, 0.1) is 0 Å². The first kappa shape index (κ1) is 7.21. The molecule has 0 atom stereocenters. The number of hydrogen-bond donors (Lipinski definition) is 0. The van der Waals surface area contributed by atoms with Crippen molar-refractivity contribution in [3.8, 4) is 0 Å². The van der Waals surface area contributed by atoms with Crippen LogP contribution in [-0.4, -0.2) is 19.6 Å². The fourth-order valence-electron chi connectivity index (χ4n) is 1.22. The molecule has 0 amide bonds. The molecule has 2 rings (SSSR count). The Morgan fingerprint density at radius 2 is 2.25 bits per heavy atom. The minimum Gasteiger partial charge on any atom is -0.242 e. The molecule has 0 fully saturated rings. The third-order valence-electron chi connectivity index (χ3n) is 1.80. The normalized spacial score (nSPS) is 11.2. The highest BCUT2D eigenvalue weighted by Crippen LogP contribution is 2.15. The first-order valence-electron chi connectivity index (χ1n) is 3.92. The topological polar surface area (TPSA) is 43.1 Å². The van der Waals surface area contributed by atoms with Crippen molar-refractivity contribution in [1.82, 2.24) is 19.6 Å². The molecule has 0 bridgehead atoms. The van der Waals surface area contributed by atoms with Gasteiger partial charge in [-0.05, 0) is 5.92 Å². The van der Waals surface area contributed by atoms with Gasteiger partial charge in [-0.15, -0.1) is 0 Å². The van der Waals surface area contributed by atoms with Gasteiger partial charge in [0.05, 0.1) is 11.9 Å². The molecular formula is C8H10N4. The molecule has 0 aromatic carbocycles. The maximum absolute atomic E-state index is 4.21. The molecule has 2 heterocycles. The average molecular weight is 162 g/mol. The zero-order chi connectivity index (χ0) is 8.55. The molecule has 0 unspecified atom stereocenters. The summed E-state index contributed by atoms with van der Waals surface area (Å²) in [5, 5.41) is 4.03. The Balaban J connectivity index is 2.73. The van der Waals surface area contributed by atoms with Gasteiger partial charge in [0.25, 0.3) is 0 Å². The Kier molecular flexibility index (Phi) is 1.53. The van der Waals surface area contributed by atoms with Crippen molar-refractivity contribution in [2.75, 3.05) is 0 Å². The van der Waals surface area contributed by atoms with Crippen molar-refractivity contribution < 1.29 is 0 Å². The molecule has 0 spiro atoms. The van der Waals surface area contributed by atoms with Gasteiger partial charge in [-0.3, -0.25) is 0 Å². The van der Waals surface area contributed by atoms with Gasteiger partial charge in [0.15, 0.2) is 0 Å². The van der Waals surface area contributed by atoms with Crippen molar-refractivity contribution in [3.05, 3.63) is 24.5 Å². The maximum atomic E-state index is 4.21. The molecule has 0 aliphatic carbocycles. The molecule has 12 heavy (non-hydrogen) atoms. The van der Waals surface area contributed by atoms with Crippen molar-refractivity contribution in [3.63, 3.8) is 0 Å². The molecule has 0 radical (unpaired) electrons. The quantitative estimate of drug-likeness (QED) is 0.633. The largest absolute Gasteiger partial charge is 0.242 e. The fourth-order valence-corrected chi connectivity index (χ4v) is 1.22. The Morgan fingerprint density at radius 1 is 1.42 bits per heavy atom. The Hall–Kier alpha value is -1.45. The molecule has 2 aromatic rings. The molecule has 4 nitrogen and oxygen atoms in total. The van der Waals surface area contributed by atoms with Crippen molar-refractivity contribution in [2.24, 2.45) is 0 Å². The highest BCUT2D eigenvalue weighted by atomic mass is 15.3. The number of hydrogen-bond acceptors (Lipinski definition) is 3. The van der Waals surface area contributed by atoms with Gasteiger partial charge in [0.2, 0.25) is 0 Å². The van der Waals surface area contributed by atoms with Crippen LogP contribution in [0.25, 0.3) is 5.52 Å². The summed E-state index contributed by atoms with van der Waals surface area (Å²) in [6.45, 7) is 4.21. The van der Waals surface area contributed by atoms with Gasteiger partial charge < -0.3 is 0 Å². The van der Waals surface area contributed by atoms with Crippen LogP contribution in [0.3, 0.4) is 0 Å². The van der Waals surface area contributed by atoms with Crippen LogP contribution in [0.4, 0.5) is 0 Å². The minimum absolute atomic E-state index is 0.409. The van der Waals surface area contributed by atoms with E-state index in [2.05, 4.69) is 28.9 Å². The van der Waals surface area contributed by atoms with E-state index in [0.29, 0.717) is 5.92 Å². The Labute approximate surface area is 70.3 Å². The van der Waals surface area contributed by atoms with E-state index in [1.165, 1.54) is 0 Å². The highest BCUT2D eigenvalue weighted by Gasteiger charge is 2.06. The van der Waals surface area contributed by atoms with E-state index >= 15 is 0 Å². The van der Waals surface area contributed by atoms with Crippen LogP contribution in [0.1, 0.15) is 25.5 Å². The van der Waals surface area contributed by atoms with Gasteiger partial charge in [0, 0.05) is 0 Å². The van der Waals surface area contributed by atoms with Crippen LogP contribution in [0.5, 0.6) is 0 Å². The lowest BCUT2D eigenvalue weighted by Gasteiger charge is -2.03. The summed E-state index contributed by atoms with van der Waals surface area (Å²) in [7, 11) is 0. The fraction of sp³-hybridized carbons (Fsp3) is 0.375. The minimum atomic E-state index is 0.409. The second-order valence-corrected chi connectivity index (χ2v) is 3.02. The molecule has 0 N–H and O–H groups in total. The van der Waals surface area contributed by atoms with E-state index in [0.717, 1.165) is 11.2 Å². The van der Waals surface area contributed by atoms with E-state index in [1.807, 2.05) is 0 Å². The van der Waals surface area contributed by atoms with E-state index < -0.39 is 0 Å². The average Bonchev–Trinajstić information content (AvgIpc) is 2.49. The maximum Gasteiger partial charge on any atom is 0.136 e. The highest BCUT2D eigenvalue weighted by molar-refractivity contribution is 5.49. The molecule has 0 aliphatic rings. The summed E-state index contributed by atoms with van der Waals surface area (Å²) in [6.07, 6.45) is 5.03. The van der Waals surface area contributed by atoms with Crippen molar-refractivity contribution in [1.29, 1.82) is 0 Å². The van der Waals surface area contributed by atoms with E-state index in [-0.39, 0.29) is 0 Å². The predicted molar refractivity (Wildman–Crippen MR) is 44.9 cm³/mol. The monoisotopic (exact) mass is 162 g/mol. The van der Waals surface area contributed by atoms with Crippen molar-refractivity contribution in [2.45, 2.75) is 19.8 Å². The third-order valence-corrected chi connectivity index (χ3v) is 1.80. The first-order chi connectivity index (χ1) is 5.79. The molecule has 0 saturated heterocycles. The van der Waals surface area contributed by atoms with Crippen LogP contribution in [0.15, 0.2) is 18.9 Å². The third kappa shape index (κ3) is 0.958. The predicted octanol–water partition coefficient (Wildman–Crippen LogP) is 1.25. The van der Waals surface area contributed by atoms with Crippen LogP contribution < -0.4 is 0 Å². The van der Waals surface area contributed by atoms with E-state index in [1.54, 1.807) is 23.4 Å². The summed E-state index contributed by atoms with van der Waals surface area (Å²) in [5.74, 6) is 0.409. The molecule has 4 heteroatoms. The Morgan fingerprint density at radius 3 is 3.00 bits per heavy atom. The second-order valence-electron chi connectivity index (χ2n) is 3.02. The lowest BCUT2D eigenvalue weighted by molar-refractivity contribution is 0.784. The number of fused-ring (bicyclic) bond motifs is 1. The zero-order valence-electron chi connectivity index (χ0n) is 7.10. The van der Waals surface area contributed by atoms with E-state index in [9.17, 15) is 0 Å². The SMILES string of the molecule is CC(C)c1ncnn2cncc12. The lowest BCUT2D eigenvalue weighted by atomic mass is 10.1. The second kappa shape index (κ2) is 2.55. The molecule has 62 valence electrons. The standard InChI is InChI=1S/C8H10N4/c1-6(2)8-7-3-9-5-12(7)11-4-10-8/h3-6H,1-2H3. The first-order valence-corrected chi connectivity index (χ1v) is 3.92. The Bertz CT molecular complexity index is 391. The summed E-state index contributed by atoms with van der Waals surface area (Å²) in [5.41, 5.74) is 2.04. The summed E-state index contributed by atoms with van der Waals surface area (Å²) < 4.78 is 1.74. The smallest absolute Gasteiger partial charge is 0.136 e. The number of aromatic nitrogens is 4. The number of imidazole rings is 1. The summed E-state index contributed by atoms with van der Waals surface area (Å²) in [6, 6.07) is 0. The molecule has 0 aliphatic heterocycles. The van der Waals surface area contributed by atoms with E-state index in [4.69, 9.17) is 0 Å². The van der Waals surface area contributed by atoms with Gasteiger partial charge >= 0.3 is 0 Å². The lowest BCUT2D eigenvalue weighted by Crippen LogP contribution is -1.99. The van der Waals surface area contributed by atoms with Crippen LogP contribution in [0.2, 0.25) is 0 Å². The molecule has 0 saturated carbocycles. The summed E-state index contributed by atoms with van der Waals surface area (Å²) in [4.78, 5) is 8.21. The van der Waals surface area contributed by atoms with Crippen LogP contribution in [-0.2, 0) is 0 Å².